The van der Waals surface area contributed by atoms with Crippen LogP contribution in [0, 0.1) is 34.5 Å². The van der Waals surface area contributed by atoms with E-state index < -0.39 is 0 Å². The summed E-state index contributed by atoms with van der Waals surface area (Å²) in [5, 5.41) is 0. The second-order valence-corrected chi connectivity index (χ2v) is 13.3. The number of hydrogen-bond acceptors (Lipinski definition) is 2. The molecule has 0 aromatic carbocycles. The quantitative estimate of drug-likeness (QED) is 0.329. The van der Waals surface area contributed by atoms with Crippen molar-refractivity contribution < 1.29 is 0 Å². The van der Waals surface area contributed by atoms with E-state index in [1.807, 2.05) is 0 Å². The number of unbranched alkanes of at least 4 members (excludes halogenated alkanes) is 1. The molecule has 2 nitrogen and oxygen atoms in total. The van der Waals surface area contributed by atoms with Crippen molar-refractivity contribution in [3.8, 4) is 0 Å². The van der Waals surface area contributed by atoms with Gasteiger partial charge in [0.1, 0.15) is 0 Å². The van der Waals surface area contributed by atoms with Crippen molar-refractivity contribution in [2.24, 2.45) is 46.0 Å². The molecule has 0 bridgehead atoms. The van der Waals surface area contributed by atoms with E-state index >= 15 is 0 Å². The molecule has 31 heavy (non-hydrogen) atoms. The normalized spacial score (nSPS) is 47.0. The van der Waals surface area contributed by atoms with E-state index in [1.54, 1.807) is 5.57 Å². The van der Waals surface area contributed by atoms with Gasteiger partial charge in [-0.1, -0.05) is 78.4 Å². The zero-order valence-electron chi connectivity index (χ0n) is 21.4. The van der Waals surface area contributed by atoms with Crippen LogP contribution in [-0.2, 0) is 0 Å². The molecule has 4 N–H and O–H groups in total. The smallest absolute Gasteiger partial charge is 0.0260 e. The van der Waals surface area contributed by atoms with Crippen LogP contribution in [0.15, 0.2) is 11.6 Å². The van der Waals surface area contributed by atoms with Crippen LogP contribution in [0.4, 0.5) is 0 Å². The average molecular weight is 429 g/mol. The van der Waals surface area contributed by atoms with Crippen molar-refractivity contribution in [3.05, 3.63) is 11.6 Å². The lowest BCUT2D eigenvalue weighted by atomic mass is 9.43. The highest BCUT2D eigenvalue weighted by Gasteiger charge is 2.67. The van der Waals surface area contributed by atoms with Crippen LogP contribution in [0.5, 0.6) is 0 Å². The molecular weight excluding hydrogens is 376 g/mol. The third-order valence-electron chi connectivity index (χ3n) is 11.2. The number of nitrogens with two attached hydrogens (primary N) is 2. The van der Waals surface area contributed by atoms with E-state index in [2.05, 4.69) is 40.7 Å². The Hall–Kier alpha value is -0.340. The fraction of sp³-hybridized carbons (Fsp3) is 0.931. The van der Waals surface area contributed by atoms with Crippen LogP contribution in [-0.4, -0.2) is 11.1 Å². The van der Waals surface area contributed by atoms with Gasteiger partial charge >= 0.3 is 0 Å². The zero-order chi connectivity index (χ0) is 22.5. The highest BCUT2D eigenvalue weighted by molar-refractivity contribution is 5.31. The van der Waals surface area contributed by atoms with Crippen LogP contribution >= 0.6 is 0 Å². The van der Waals surface area contributed by atoms with Gasteiger partial charge in [0, 0.05) is 11.1 Å². The number of allylic oxidation sites excluding steroid dienone is 1. The maximum Gasteiger partial charge on any atom is 0.0260 e. The van der Waals surface area contributed by atoms with Crippen molar-refractivity contribution in [1.29, 1.82) is 0 Å². The summed E-state index contributed by atoms with van der Waals surface area (Å²) in [5.74, 6) is 2.97. The van der Waals surface area contributed by atoms with Crippen LogP contribution in [0.1, 0.15) is 125 Å². The van der Waals surface area contributed by atoms with E-state index in [0.29, 0.717) is 17.3 Å². The van der Waals surface area contributed by atoms with Crippen molar-refractivity contribution in [1.82, 2.24) is 0 Å². The molecule has 0 aromatic heterocycles. The number of hydrogen-bond donors (Lipinski definition) is 2. The van der Waals surface area contributed by atoms with Gasteiger partial charge in [0.15, 0.2) is 0 Å². The minimum absolute atomic E-state index is 0.00430. The Morgan fingerprint density at radius 1 is 1.00 bits per heavy atom. The summed E-state index contributed by atoms with van der Waals surface area (Å²) in [4.78, 5) is 0. The second-order valence-electron chi connectivity index (χ2n) is 13.3. The molecule has 4 aliphatic carbocycles. The van der Waals surface area contributed by atoms with E-state index in [-0.39, 0.29) is 16.5 Å². The summed E-state index contributed by atoms with van der Waals surface area (Å²) in [7, 11) is 0. The maximum atomic E-state index is 7.54. The van der Waals surface area contributed by atoms with Gasteiger partial charge in [-0.15, -0.1) is 0 Å². The molecule has 0 aliphatic heterocycles. The lowest BCUT2D eigenvalue weighted by molar-refractivity contribution is -0.0701. The van der Waals surface area contributed by atoms with Gasteiger partial charge in [0.05, 0.1) is 0 Å². The van der Waals surface area contributed by atoms with Crippen molar-refractivity contribution in [3.63, 3.8) is 0 Å². The Labute approximate surface area is 193 Å². The van der Waals surface area contributed by atoms with Crippen molar-refractivity contribution >= 4 is 0 Å². The topological polar surface area (TPSA) is 52.0 Å². The van der Waals surface area contributed by atoms with Crippen molar-refractivity contribution in [2.75, 3.05) is 0 Å². The molecule has 4 rings (SSSR count). The molecule has 0 spiro atoms. The third kappa shape index (κ3) is 3.76. The monoisotopic (exact) mass is 428 g/mol. The predicted molar refractivity (Wildman–Crippen MR) is 134 cm³/mol. The predicted octanol–water partition coefficient (Wildman–Crippen LogP) is 7.36. The standard InChI is InChI=1S/C29H52N2/c1-6-9-22-11-16-26(4)23(20-22)12-19-29(31)24(26)13-17-27(5)25(29)14-18-28(27,30)15-8-7-10-21(2)3/h12,21-22,24-25H,6-11,13-20,30-31H2,1-5H3/t22?,24?,25?,26?,27?,28-,29?/m1/s1. The Morgan fingerprint density at radius 3 is 2.45 bits per heavy atom. The van der Waals surface area contributed by atoms with E-state index in [9.17, 15) is 0 Å². The molecule has 0 radical (unpaired) electrons. The first kappa shape index (κ1) is 23.8. The maximum absolute atomic E-state index is 7.54. The number of fused-ring (bicyclic) bond motifs is 5. The van der Waals surface area contributed by atoms with Crippen LogP contribution in [0.3, 0.4) is 0 Å². The van der Waals surface area contributed by atoms with Gasteiger partial charge in [0.2, 0.25) is 0 Å². The number of rotatable bonds is 7. The highest BCUT2D eigenvalue weighted by atomic mass is 14.9. The highest BCUT2D eigenvalue weighted by Crippen LogP contribution is 2.68. The minimum atomic E-state index is -0.0398. The molecule has 0 saturated heterocycles. The lowest BCUT2D eigenvalue weighted by Crippen LogP contribution is -2.68. The molecule has 0 heterocycles. The minimum Gasteiger partial charge on any atom is -0.325 e. The molecule has 7 atom stereocenters. The zero-order valence-corrected chi connectivity index (χ0v) is 21.4. The van der Waals surface area contributed by atoms with Gasteiger partial charge in [0.25, 0.3) is 0 Å². The summed E-state index contributed by atoms with van der Waals surface area (Å²) < 4.78 is 0. The Morgan fingerprint density at radius 2 is 1.74 bits per heavy atom. The van der Waals surface area contributed by atoms with Gasteiger partial charge in [-0.05, 0) is 92.3 Å². The summed E-state index contributed by atoms with van der Waals surface area (Å²) in [6.45, 7) is 12.2. The SMILES string of the molecule is CCCC1CCC2(C)C(=CCC3(N)C2CCC2(C)C3CC[C@]2(N)CCCCC(C)C)C1. The third-order valence-corrected chi connectivity index (χ3v) is 11.2. The Balaban J connectivity index is 1.54. The van der Waals surface area contributed by atoms with Crippen molar-refractivity contribution in [2.45, 2.75) is 136 Å². The van der Waals surface area contributed by atoms with Gasteiger partial charge in [-0.2, -0.15) is 0 Å². The fourth-order valence-corrected chi connectivity index (χ4v) is 9.17. The lowest BCUT2D eigenvalue weighted by Gasteiger charge is -2.64. The Bertz CT molecular complexity index is 682. The van der Waals surface area contributed by atoms with Crippen LogP contribution < -0.4 is 11.5 Å². The molecule has 178 valence electrons. The van der Waals surface area contributed by atoms with Gasteiger partial charge in [-0.25, -0.2) is 0 Å². The van der Waals surface area contributed by atoms with Gasteiger partial charge < -0.3 is 11.5 Å². The first-order chi connectivity index (χ1) is 14.6. The molecule has 3 saturated carbocycles. The molecule has 0 amide bonds. The Kier molecular flexibility index (Phi) is 6.50. The summed E-state index contributed by atoms with van der Waals surface area (Å²) in [6, 6.07) is 0. The molecule has 3 fully saturated rings. The molecule has 6 unspecified atom stereocenters. The molecule has 4 aliphatic rings. The average Bonchev–Trinajstić information content (AvgIpc) is 2.98. The largest absolute Gasteiger partial charge is 0.325 e. The van der Waals surface area contributed by atoms with Crippen LogP contribution in [0.25, 0.3) is 0 Å². The fourth-order valence-electron chi connectivity index (χ4n) is 9.17. The molecular formula is C29H52N2. The second kappa shape index (κ2) is 8.46. The summed E-state index contributed by atoms with van der Waals surface area (Å²) in [5.41, 5.74) is 17.1. The first-order valence-corrected chi connectivity index (χ1v) is 13.9. The van der Waals surface area contributed by atoms with Gasteiger partial charge in [-0.3, -0.25) is 0 Å². The summed E-state index contributed by atoms with van der Waals surface area (Å²) >= 11 is 0. The van der Waals surface area contributed by atoms with E-state index in [0.717, 1.165) is 18.3 Å². The summed E-state index contributed by atoms with van der Waals surface area (Å²) in [6.07, 6.45) is 20.8. The van der Waals surface area contributed by atoms with Crippen LogP contribution in [0.2, 0.25) is 0 Å². The molecule has 0 aromatic rings. The van der Waals surface area contributed by atoms with E-state index in [4.69, 9.17) is 11.5 Å². The first-order valence-electron chi connectivity index (χ1n) is 13.9. The van der Waals surface area contributed by atoms with E-state index in [1.165, 1.54) is 83.5 Å². The molecule has 2 heteroatoms.